The van der Waals surface area contributed by atoms with Crippen LogP contribution >= 0.6 is 0 Å². The summed E-state index contributed by atoms with van der Waals surface area (Å²) in [6, 6.07) is 0. The smallest absolute Gasteiger partial charge is 0.216 e. The number of nitrogens with zero attached hydrogens (tertiary/aromatic N) is 2. The third-order valence-corrected chi connectivity index (χ3v) is 8.36. The molecule has 176 valence electrons. The monoisotopic (exact) mass is 412 g/mol. The Bertz CT molecular complexity index is 308. The molecule has 0 spiro atoms. The fourth-order valence-corrected chi connectivity index (χ4v) is 5.84. The second kappa shape index (κ2) is 17.6. The molecule has 0 saturated heterocycles. The molecule has 0 aromatic rings. The minimum atomic E-state index is 0.790. The molecule has 2 nitrogen and oxygen atoms in total. The molecule has 0 bridgehead atoms. The van der Waals surface area contributed by atoms with Gasteiger partial charge in [0.15, 0.2) is 0 Å². The van der Waals surface area contributed by atoms with Crippen LogP contribution in [-0.4, -0.2) is 54.4 Å². The first-order valence-electron chi connectivity index (χ1n) is 13.8. The van der Waals surface area contributed by atoms with Gasteiger partial charge in [-0.2, -0.15) is 0 Å². The first kappa shape index (κ1) is 28.9. The van der Waals surface area contributed by atoms with E-state index in [1.165, 1.54) is 132 Å². The molecule has 29 heavy (non-hydrogen) atoms. The van der Waals surface area contributed by atoms with Crippen molar-refractivity contribution in [3.8, 4) is 0 Å². The summed E-state index contributed by atoms with van der Waals surface area (Å²) in [7, 11) is 0. The molecule has 0 saturated carbocycles. The maximum absolute atomic E-state index is 2.43. The first-order valence-corrected chi connectivity index (χ1v) is 13.8. The van der Waals surface area contributed by atoms with E-state index in [1.54, 1.807) is 0 Å². The van der Waals surface area contributed by atoms with Crippen LogP contribution in [0.1, 0.15) is 132 Å². The van der Waals surface area contributed by atoms with Gasteiger partial charge in [-0.3, -0.25) is 8.97 Å². The van der Waals surface area contributed by atoms with Crippen LogP contribution in [0.2, 0.25) is 0 Å². The summed E-state index contributed by atoms with van der Waals surface area (Å²) >= 11 is 0. The van der Waals surface area contributed by atoms with Gasteiger partial charge in [-0.05, 0) is 48.0 Å². The summed E-state index contributed by atoms with van der Waals surface area (Å²) in [6.07, 6.45) is 19.6. The number of quaternary nitrogens is 2. The Kier molecular flexibility index (Phi) is 17.5. The molecule has 0 unspecified atom stereocenters. The molecule has 0 rings (SSSR count). The van der Waals surface area contributed by atoms with E-state index in [-0.39, 0.29) is 0 Å². The van der Waals surface area contributed by atoms with Crippen molar-refractivity contribution < 1.29 is 8.97 Å². The zero-order valence-corrected chi connectivity index (χ0v) is 21.9. The van der Waals surface area contributed by atoms with Crippen molar-refractivity contribution in [1.29, 1.82) is 0 Å². The Labute approximate surface area is 186 Å². The highest BCUT2D eigenvalue weighted by molar-refractivity contribution is 4.56. The molecular formula is C27H60N2+2. The Morgan fingerprint density at radius 1 is 0.379 bits per heavy atom. The van der Waals surface area contributed by atoms with Crippen LogP contribution < -0.4 is 0 Å². The molecule has 0 aliphatic rings. The van der Waals surface area contributed by atoms with Gasteiger partial charge in [0.25, 0.3) is 0 Å². The van der Waals surface area contributed by atoms with E-state index in [0.717, 1.165) is 6.17 Å². The van der Waals surface area contributed by atoms with Crippen molar-refractivity contribution in [2.45, 2.75) is 138 Å². The first-order chi connectivity index (χ1) is 14.1. The van der Waals surface area contributed by atoms with Crippen molar-refractivity contribution in [3.05, 3.63) is 0 Å². The largest absolute Gasteiger partial charge is 0.275 e. The van der Waals surface area contributed by atoms with Gasteiger partial charge < -0.3 is 0 Å². The molecule has 2 heteroatoms. The lowest BCUT2D eigenvalue weighted by atomic mass is 10.0. The van der Waals surface area contributed by atoms with Crippen LogP contribution in [0.3, 0.4) is 0 Å². The van der Waals surface area contributed by atoms with E-state index in [4.69, 9.17) is 0 Å². The summed E-state index contributed by atoms with van der Waals surface area (Å²) < 4.78 is 2.63. The van der Waals surface area contributed by atoms with Crippen LogP contribution in [0, 0.1) is 0 Å². The maximum atomic E-state index is 2.43. The van der Waals surface area contributed by atoms with Gasteiger partial charge in [-0.15, -0.1) is 0 Å². The average molecular weight is 413 g/mol. The SMILES string of the molecule is CCCCCCCCCCCCCCC([N+](CC)(CC)CC)[N+](CC)(CC)CC. The predicted molar refractivity (Wildman–Crippen MR) is 133 cm³/mol. The molecule has 0 aromatic carbocycles. The van der Waals surface area contributed by atoms with Gasteiger partial charge >= 0.3 is 0 Å². The van der Waals surface area contributed by atoms with E-state index < -0.39 is 0 Å². The summed E-state index contributed by atoms with van der Waals surface area (Å²) in [6.45, 7) is 24.6. The fourth-order valence-electron chi connectivity index (χ4n) is 5.84. The highest BCUT2D eigenvalue weighted by Gasteiger charge is 2.45. The predicted octanol–water partition coefficient (Wildman–Crippen LogP) is 8.16. The number of rotatable bonds is 21. The zero-order valence-electron chi connectivity index (χ0n) is 21.9. The number of hydrogen-bond acceptors (Lipinski definition) is 0. The Hall–Kier alpha value is -0.0800. The number of hydrogen-bond donors (Lipinski definition) is 0. The minimum absolute atomic E-state index is 0.790. The molecule has 0 amide bonds. The average Bonchev–Trinajstić information content (AvgIpc) is 2.77. The van der Waals surface area contributed by atoms with Crippen LogP contribution in [0.5, 0.6) is 0 Å². The molecule has 0 N–H and O–H groups in total. The maximum Gasteiger partial charge on any atom is 0.216 e. The van der Waals surface area contributed by atoms with E-state index in [0.29, 0.717) is 0 Å². The van der Waals surface area contributed by atoms with Crippen LogP contribution in [-0.2, 0) is 0 Å². The minimum Gasteiger partial charge on any atom is -0.275 e. The summed E-state index contributed by atoms with van der Waals surface area (Å²) in [5.41, 5.74) is 0. The van der Waals surface area contributed by atoms with Gasteiger partial charge in [0, 0.05) is 0 Å². The Balaban J connectivity index is 4.39. The lowest BCUT2D eigenvalue weighted by Crippen LogP contribution is -2.70. The second-order valence-electron chi connectivity index (χ2n) is 9.49. The molecule has 0 fully saturated rings. The van der Waals surface area contributed by atoms with Crippen molar-refractivity contribution >= 4 is 0 Å². The van der Waals surface area contributed by atoms with E-state index in [9.17, 15) is 0 Å². The summed E-state index contributed by atoms with van der Waals surface area (Å²) in [5.74, 6) is 0. The van der Waals surface area contributed by atoms with Crippen LogP contribution in [0.15, 0.2) is 0 Å². The summed E-state index contributed by atoms with van der Waals surface area (Å²) in [5, 5.41) is 0. The van der Waals surface area contributed by atoms with Crippen LogP contribution in [0.4, 0.5) is 0 Å². The fraction of sp³-hybridized carbons (Fsp3) is 1.00. The van der Waals surface area contributed by atoms with Gasteiger partial charge in [0.05, 0.1) is 45.7 Å². The number of unbranched alkanes of at least 4 members (excludes halogenated alkanes) is 11. The molecule has 0 heterocycles. The van der Waals surface area contributed by atoms with Crippen molar-refractivity contribution in [2.75, 3.05) is 39.3 Å². The lowest BCUT2D eigenvalue weighted by Gasteiger charge is -2.52. The van der Waals surface area contributed by atoms with Crippen molar-refractivity contribution in [2.24, 2.45) is 0 Å². The molecule has 0 aliphatic heterocycles. The van der Waals surface area contributed by atoms with E-state index in [1.807, 2.05) is 0 Å². The van der Waals surface area contributed by atoms with Gasteiger partial charge in [0.1, 0.15) is 0 Å². The molecule has 0 radical (unpaired) electrons. The molecule has 0 aromatic heterocycles. The van der Waals surface area contributed by atoms with Gasteiger partial charge in [-0.1, -0.05) is 77.6 Å². The normalized spacial score (nSPS) is 12.8. The van der Waals surface area contributed by atoms with Gasteiger partial charge in [-0.25, -0.2) is 0 Å². The Morgan fingerprint density at radius 2 is 0.655 bits per heavy atom. The quantitative estimate of drug-likeness (QED) is 0.101. The standard InChI is InChI=1S/C27H60N2/c1-8-15-16-17-18-19-20-21-22-23-24-25-26-27(28(9-2,10-3)11-4)29(12-5,13-6)14-7/h27H,8-26H2,1-7H3/q+2. The highest BCUT2D eigenvalue weighted by Crippen LogP contribution is 2.29. The van der Waals surface area contributed by atoms with Crippen molar-refractivity contribution in [1.82, 2.24) is 0 Å². The third kappa shape index (κ3) is 9.72. The van der Waals surface area contributed by atoms with E-state index in [2.05, 4.69) is 48.5 Å². The van der Waals surface area contributed by atoms with Crippen molar-refractivity contribution in [3.63, 3.8) is 0 Å². The highest BCUT2D eigenvalue weighted by atomic mass is 15.6. The topological polar surface area (TPSA) is 0 Å². The van der Waals surface area contributed by atoms with Gasteiger partial charge in [0.2, 0.25) is 6.17 Å². The summed E-state index contributed by atoms with van der Waals surface area (Å²) in [4.78, 5) is 0. The molecule has 0 atom stereocenters. The van der Waals surface area contributed by atoms with E-state index >= 15 is 0 Å². The molecular weight excluding hydrogens is 352 g/mol. The zero-order chi connectivity index (χ0) is 22.0. The lowest BCUT2D eigenvalue weighted by molar-refractivity contribution is -1.13. The van der Waals surface area contributed by atoms with Crippen LogP contribution in [0.25, 0.3) is 0 Å². The molecule has 0 aliphatic carbocycles. The third-order valence-electron chi connectivity index (χ3n) is 8.36. The Morgan fingerprint density at radius 3 is 0.931 bits per heavy atom. The second-order valence-corrected chi connectivity index (χ2v) is 9.49.